The van der Waals surface area contributed by atoms with Crippen LogP contribution in [0.25, 0.3) is 6.08 Å². The molecule has 2 N–H and O–H groups in total. The summed E-state index contributed by atoms with van der Waals surface area (Å²) in [6.07, 6.45) is -0.225. The fourth-order valence-electron chi connectivity index (χ4n) is 8.13. The fourth-order valence-corrected chi connectivity index (χ4v) is 8.13. The first-order valence-electron chi connectivity index (χ1n) is 19.0. The van der Waals surface area contributed by atoms with Crippen molar-refractivity contribution in [2.45, 2.75) is 94.5 Å². The first kappa shape index (κ1) is 39.3. The van der Waals surface area contributed by atoms with Crippen LogP contribution in [0.1, 0.15) is 62.3 Å². The Kier molecular flexibility index (Phi) is 10.9. The minimum Gasteiger partial charge on any atom is -0.460 e. The molecule has 3 aromatic carbocycles. The zero-order valence-electron chi connectivity index (χ0n) is 32.3. The van der Waals surface area contributed by atoms with E-state index < -0.39 is 77.8 Å². The summed E-state index contributed by atoms with van der Waals surface area (Å²) in [5.41, 5.74) is 0.798. The van der Waals surface area contributed by atoms with Crippen LogP contribution in [-0.4, -0.2) is 102 Å². The summed E-state index contributed by atoms with van der Waals surface area (Å²) < 4.78 is 25.6. The number of rotatable bonds is 12. The van der Waals surface area contributed by atoms with E-state index in [1.54, 1.807) is 40.9 Å². The van der Waals surface area contributed by atoms with E-state index in [1.807, 2.05) is 84.9 Å². The maximum Gasteiger partial charge on any atom is 0.327 e. The summed E-state index contributed by atoms with van der Waals surface area (Å²) >= 11 is 0. The Morgan fingerprint density at radius 3 is 2.18 bits per heavy atom. The number of esters is 2. The summed E-state index contributed by atoms with van der Waals surface area (Å²) in [6.45, 7) is 4.97. The zero-order chi connectivity index (χ0) is 39.8. The summed E-state index contributed by atoms with van der Waals surface area (Å²) in [4.78, 5) is 62.1. The Morgan fingerprint density at radius 2 is 1.59 bits per heavy atom. The van der Waals surface area contributed by atoms with Crippen LogP contribution >= 0.6 is 0 Å². The number of aliphatic hydroxyl groups is 1. The third-order valence-corrected chi connectivity index (χ3v) is 10.7. The molecule has 13 heteroatoms. The van der Waals surface area contributed by atoms with E-state index in [1.165, 1.54) is 16.0 Å². The quantitative estimate of drug-likeness (QED) is 0.204. The smallest absolute Gasteiger partial charge is 0.327 e. The third-order valence-electron chi connectivity index (χ3n) is 10.7. The topological polar surface area (TPSA) is 153 Å². The summed E-state index contributed by atoms with van der Waals surface area (Å²) in [5.74, 6) is -3.18. The van der Waals surface area contributed by atoms with Crippen molar-refractivity contribution in [3.63, 3.8) is 0 Å². The number of ether oxygens (including phenoxy) is 4. The summed E-state index contributed by atoms with van der Waals surface area (Å²) in [6, 6.07) is 24.4. The Labute approximate surface area is 326 Å². The van der Waals surface area contributed by atoms with E-state index >= 15 is 0 Å². The molecule has 0 aromatic heterocycles. The molecule has 3 heterocycles. The number of likely N-dealkylation sites (N-methyl/N-ethyl adjacent to an activating group) is 1. The zero-order valence-corrected chi connectivity index (χ0v) is 32.3. The van der Waals surface area contributed by atoms with Gasteiger partial charge in [0.25, 0.3) is 0 Å². The van der Waals surface area contributed by atoms with Gasteiger partial charge in [-0.2, -0.15) is 5.06 Å². The number of fused-ring (bicyclic) bond motifs is 4. The standard InChI is InChI=1S/C43H49N3O10/c1-41(2,3)53-34(49)23-21-31(26-47)44-40(51)42-24-32-35-36(55-43(54-35,29-12-8-6-9-13-29)30-14-10-7-11-15-30)38(42)56-46(37(42)39(50)52-32)25-28-18-16-27(17-19-28)20-22-33(48)45(4)5/h6-20,22,31-32,35-38,47H,21,23-26H2,1-5H3,(H,44,51)/t31-,32-,35-,36-,37-,38+,42-/m0/s1. The van der Waals surface area contributed by atoms with Gasteiger partial charge in [0.15, 0.2) is 6.04 Å². The molecule has 13 nitrogen and oxygen atoms in total. The van der Waals surface area contributed by atoms with E-state index in [2.05, 4.69) is 5.32 Å². The predicted molar refractivity (Wildman–Crippen MR) is 203 cm³/mol. The minimum atomic E-state index is -1.53. The Hall–Kier alpha value is -4.92. The van der Waals surface area contributed by atoms with Gasteiger partial charge in [-0.05, 0) is 44.4 Å². The van der Waals surface area contributed by atoms with Crippen LogP contribution in [0.3, 0.4) is 0 Å². The monoisotopic (exact) mass is 767 g/mol. The first-order chi connectivity index (χ1) is 26.7. The molecule has 3 aliphatic heterocycles. The number of nitrogens with one attached hydrogen (secondary N) is 1. The molecule has 4 fully saturated rings. The molecule has 2 amide bonds. The van der Waals surface area contributed by atoms with Gasteiger partial charge in [0, 0.05) is 44.1 Å². The molecule has 7 rings (SSSR count). The van der Waals surface area contributed by atoms with Crippen molar-refractivity contribution in [1.82, 2.24) is 15.3 Å². The van der Waals surface area contributed by atoms with E-state index in [-0.39, 0.29) is 31.7 Å². The van der Waals surface area contributed by atoms with Crippen LogP contribution in [0.5, 0.6) is 0 Å². The maximum absolute atomic E-state index is 14.9. The second kappa shape index (κ2) is 15.5. The van der Waals surface area contributed by atoms with Crippen molar-refractivity contribution >= 4 is 29.8 Å². The average Bonchev–Trinajstić information content (AvgIpc) is 3.76. The van der Waals surface area contributed by atoms with Crippen molar-refractivity contribution in [1.29, 1.82) is 0 Å². The molecular formula is C43H49N3O10. The van der Waals surface area contributed by atoms with Gasteiger partial charge in [0.2, 0.25) is 17.6 Å². The number of hydroxylamine groups is 2. The lowest BCUT2D eigenvalue weighted by molar-refractivity contribution is -0.213. The molecular weight excluding hydrogens is 718 g/mol. The van der Waals surface area contributed by atoms with Gasteiger partial charge in [-0.25, -0.2) is 0 Å². The van der Waals surface area contributed by atoms with Gasteiger partial charge in [-0.3, -0.25) is 24.0 Å². The lowest BCUT2D eigenvalue weighted by atomic mass is 9.62. The number of carbonyl (C=O) groups excluding carboxylic acids is 4. The first-order valence-corrected chi connectivity index (χ1v) is 19.0. The third kappa shape index (κ3) is 7.49. The Balaban J connectivity index is 1.23. The lowest BCUT2D eigenvalue weighted by Crippen LogP contribution is -2.70. The van der Waals surface area contributed by atoms with E-state index in [0.717, 1.165) is 22.3 Å². The second-order valence-corrected chi connectivity index (χ2v) is 16.0. The van der Waals surface area contributed by atoms with Crippen molar-refractivity contribution in [3.05, 3.63) is 113 Å². The maximum atomic E-state index is 14.9. The predicted octanol–water partition coefficient (Wildman–Crippen LogP) is 3.87. The molecule has 0 unspecified atom stereocenters. The molecule has 2 bridgehead atoms. The van der Waals surface area contributed by atoms with Crippen molar-refractivity contribution < 1.29 is 48.1 Å². The van der Waals surface area contributed by atoms with Gasteiger partial charge in [-0.1, -0.05) is 84.9 Å². The van der Waals surface area contributed by atoms with Crippen LogP contribution in [0.4, 0.5) is 0 Å². The highest BCUT2D eigenvalue weighted by molar-refractivity contribution is 5.94. The number of amides is 2. The van der Waals surface area contributed by atoms with E-state index in [9.17, 15) is 24.3 Å². The van der Waals surface area contributed by atoms with Gasteiger partial charge in [0.1, 0.15) is 35.4 Å². The fraction of sp³-hybridized carbons (Fsp3) is 0.442. The van der Waals surface area contributed by atoms with Crippen LogP contribution in [0, 0.1) is 5.41 Å². The molecule has 0 radical (unpaired) electrons. The highest BCUT2D eigenvalue weighted by atomic mass is 16.8. The summed E-state index contributed by atoms with van der Waals surface area (Å²) in [5, 5.41) is 14.9. The lowest BCUT2D eigenvalue weighted by Gasteiger charge is -2.49. The molecule has 296 valence electrons. The van der Waals surface area contributed by atoms with Crippen LogP contribution < -0.4 is 5.32 Å². The van der Waals surface area contributed by atoms with Crippen molar-refractivity contribution in [3.8, 4) is 0 Å². The van der Waals surface area contributed by atoms with Gasteiger partial charge < -0.3 is 34.3 Å². The molecule has 1 aliphatic carbocycles. The highest BCUT2D eigenvalue weighted by Gasteiger charge is 2.76. The number of aliphatic hydroxyl groups excluding tert-OH is 1. The van der Waals surface area contributed by atoms with Crippen LogP contribution in [0.2, 0.25) is 0 Å². The van der Waals surface area contributed by atoms with Crippen LogP contribution in [0.15, 0.2) is 91.0 Å². The SMILES string of the molecule is CN(C)C(=O)C=Cc1ccc(CN2O[C@@H]3[C@H]4OC(c5ccccc5)(c5ccccc5)O[C@H]4[C@@H]4C[C@]3(C(=O)N[C@H](CO)CCC(=O)OC(C)(C)C)[C@@H]2C(=O)O4)cc1. The van der Waals surface area contributed by atoms with Crippen molar-refractivity contribution in [2.24, 2.45) is 5.41 Å². The second-order valence-electron chi connectivity index (χ2n) is 16.0. The number of nitrogens with zero attached hydrogens (tertiary/aromatic N) is 2. The van der Waals surface area contributed by atoms with Gasteiger partial charge in [-0.15, -0.1) is 0 Å². The Morgan fingerprint density at radius 1 is 0.964 bits per heavy atom. The van der Waals surface area contributed by atoms with Gasteiger partial charge in [0.05, 0.1) is 19.2 Å². The summed E-state index contributed by atoms with van der Waals surface area (Å²) in [7, 11) is 3.36. The molecule has 7 atom stereocenters. The van der Waals surface area contributed by atoms with Crippen molar-refractivity contribution in [2.75, 3.05) is 20.7 Å². The normalized spacial score (nSPS) is 27.0. The molecule has 1 saturated carbocycles. The molecule has 0 spiro atoms. The molecule has 4 aliphatic rings. The van der Waals surface area contributed by atoms with E-state index in [4.69, 9.17) is 23.8 Å². The minimum absolute atomic E-state index is 0.0390. The number of carbonyl (C=O) groups is 4. The average molecular weight is 768 g/mol. The van der Waals surface area contributed by atoms with Gasteiger partial charge >= 0.3 is 11.9 Å². The van der Waals surface area contributed by atoms with Crippen LogP contribution in [-0.2, 0) is 55.3 Å². The number of benzene rings is 3. The van der Waals surface area contributed by atoms with E-state index in [0.29, 0.717) is 0 Å². The largest absolute Gasteiger partial charge is 0.460 e. The highest BCUT2D eigenvalue weighted by Crippen LogP contribution is 2.59. The number of hydrogen-bond donors (Lipinski definition) is 2. The number of hydrogen-bond acceptors (Lipinski definition) is 11. The molecule has 3 aromatic rings. The molecule has 56 heavy (non-hydrogen) atoms. The molecule has 3 saturated heterocycles. The Bertz CT molecular complexity index is 1910.